The number of hydrogen-bond donors (Lipinski definition) is 2. The third kappa shape index (κ3) is 1.84. The van der Waals surface area contributed by atoms with Crippen molar-refractivity contribution in [2.24, 2.45) is 0 Å². The second kappa shape index (κ2) is 3.86. The molecule has 1 aromatic rings. The monoisotopic (exact) mass is 223 g/mol. The van der Waals surface area contributed by atoms with Gasteiger partial charge in [0.15, 0.2) is 11.5 Å². The van der Waals surface area contributed by atoms with Gasteiger partial charge in [0.1, 0.15) is 0 Å². The van der Waals surface area contributed by atoms with E-state index in [1.54, 1.807) is 0 Å². The van der Waals surface area contributed by atoms with Gasteiger partial charge in [0, 0.05) is 0 Å². The summed E-state index contributed by atoms with van der Waals surface area (Å²) in [4.78, 5) is 30.7. The molecule has 16 heavy (non-hydrogen) atoms. The Morgan fingerprint density at radius 1 is 1.44 bits per heavy atom. The van der Waals surface area contributed by atoms with E-state index in [2.05, 4.69) is 9.97 Å². The zero-order valence-electron chi connectivity index (χ0n) is 8.20. The Hall–Kier alpha value is -2.02. The molecule has 7 heteroatoms. The summed E-state index contributed by atoms with van der Waals surface area (Å²) in [6.45, 7) is 0.167. The molecule has 1 aromatic heterocycles. The van der Waals surface area contributed by atoms with Crippen LogP contribution < -0.4 is 4.90 Å². The summed E-state index contributed by atoms with van der Waals surface area (Å²) in [5, 5.41) is 17.9. The van der Waals surface area contributed by atoms with Crippen molar-refractivity contribution in [3.63, 3.8) is 0 Å². The number of nitrogens with zero attached hydrogens (tertiary/aromatic N) is 3. The Bertz CT molecular complexity index is 431. The smallest absolute Gasteiger partial charge is 0.356 e. The molecule has 1 unspecified atom stereocenters. The van der Waals surface area contributed by atoms with Gasteiger partial charge in [-0.3, -0.25) is 9.69 Å². The highest BCUT2D eigenvalue weighted by Gasteiger charge is 2.30. The fourth-order valence-corrected chi connectivity index (χ4v) is 1.48. The van der Waals surface area contributed by atoms with Gasteiger partial charge >= 0.3 is 5.97 Å². The third-order valence-electron chi connectivity index (χ3n) is 2.24. The first-order chi connectivity index (χ1) is 7.58. The molecule has 1 aliphatic rings. The van der Waals surface area contributed by atoms with Crippen LogP contribution in [-0.4, -0.2) is 44.7 Å². The van der Waals surface area contributed by atoms with Gasteiger partial charge < -0.3 is 10.2 Å². The molecule has 1 saturated heterocycles. The predicted octanol–water partition coefficient (Wildman–Crippen LogP) is -0.728. The maximum atomic E-state index is 11.4. The minimum atomic E-state index is -1.17. The van der Waals surface area contributed by atoms with Crippen molar-refractivity contribution in [3.05, 3.63) is 18.1 Å². The molecule has 7 nitrogen and oxygen atoms in total. The first-order valence-electron chi connectivity index (χ1n) is 4.61. The van der Waals surface area contributed by atoms with E-state index in [0.29, 0.717) is 0 Å². The van der Waals surface area contributed by atoms with Gasteiger partial charge in [0.2, 0.25) is 5.91 Å². The molecule has 0 radical (unpaired) electrons. The van der Waals surface area contributed by atoms with Crippen LogP contribution in [0.25, 0.3) is 0 Å². The molecule has 0 spiro atoms. The van der Waals surface area contributed by atoms with Crippen LogP contribution in [0.4, 0.5) is 5.82 Å². The molecule has 1 fully saturated rings. The molecule has 0 aliphatic carbocycles. The Balaban J connectivity index is 2.22. The number of carbonyl (C=O) groups excluding carboxylic acids is 1. The SMILES string of the molecule is O=C(O)c1cnc(N2CC(O)CC2=O)cn1. The fraction of sp³-hybridized carbons (Fsp3) is 0.333. The molecule has 2 rings (SSSR count). The Kier molecular flexibility index (Phi) is 2.53. The summed E-state index contributed by atoms with van der Waals surface area (Å²) in [6.07, 6.45) is 1.64. The van der Waals surface area contributed by atoms with E-state index in [-0.39, 0.29) is 30.4 Å². The summed E-state index contributed by atoms with van der Waals surface area (Å²) >= 11 is 0. The number of aromatic nitrogens is 2. The summed E-state index contributed by atoms with van der Waals surface area (Å²) in [5.41, 5.74) is -0.184. The average Bonchev–Trinajstić information content (AvgIpc) is 2.58. The van der Waals surface area contributed by atoms with Crippen LogP contribution >= 0.6 is 0 Å². The highest BCUT2D eigenvalue weighted by atomic mass is 16.4. The van der Waals surface area contributed by atoms with Gasteiger partial charge in [-0.1, -0.05) is 0 Å². The zero-order chi connectivity index (χ0) is 11.7. The van der Waals surface area contributed by atoms with E-state index < -0.39 is 12.1 Å². The molecular formula is C9H9N3O4. The van der Waals surface area contributed by atoms with Crippen molar-refractivity contribution in [1.29, 1.82) is 0 Å². The van der Waals surface area contributed by atoms with Gasteiger partial charge in [-0.2, -0.15) is 0 Å². The van der Waals surface area contributed by atoms with Gasteiger partial charge in [-0.25, -0.2) is 14.8 Å². The Labute approximate surface area is 90.4 Å². The van der Waals surface area contributed by atoms with E-state index >= 15 is 0 Å². The summed E-state index contributed by atoms with van der Waals surface area (Å²) in [6, 6.07) is 0. The van der Waals surface area contributed by atoms with E-state index in [1.807, 2.05) is 0 Å². The first-order valence-corrected chi connectivity index (χ1v) is 4.61. The van der Waals surface area contributed by atoms with E-state index in [0.717, 1.165) is 6.20 Å². The highest BCUT2D eigenvalue weighted by molar-refractivity contribution is 5.95. The standard InChI is InChI=1S/C9H9N3O4/c13-5-1-8(14)12(4-5)7-3-10-6(2-11-7)9(15)16/h2-3,5,13H,1,4H2,(H,15,16). The van der Waals surface area contributed by atoms with Crippen molar-refractivity contribution < 1.29 is 19.8 Å². The van der Waals surface area contributed by atoms with Crippen molar-refractivity contribution in [1.82, 2.24) is 9.97 Å². The van der Waals surface area contributed by atoms with Gasteiger partial charge in [0.25, 0.3) is 0 Å². The topological polar surface area (TPSA) is 104 Å². The van der Waals surface area contributed by atoms with Crippen LogP contribution in [-0.2, 0) is 4.79 Å². The number of β-amino-alcohol motifs (C(OH)–C–C–N with tert-alkyl or cyclic N) is 1. The average molecular weight is 223 g/mol. The summed E-state index contributed by atoms with van der Waals surface area (Å²) in [7, 11) is 0. The van der Waals surface area contributed by atoms with Crippen LogP contribution in [0.15, 0.2) is 12.4 Å². The van der Waals surface area contributed by atoms with Crippen LogP contribution in [0.1, 0.15) is 16.9 Å². The minimum Gasteiger partial charge on any atom is -0.476 e. The van der Waals surface area contributed by atoms with Crippen molar-refractivity contribution in [3.8, 4) is 0 Å². The normalized spacial score (nSPS) is 20.2. The quantitative estimate of drug-likeness (QED) is 0.685. The van der Waals surface area contributed by atoms with Gasteiger partial charge in [-0.15, -0.1) is 0 Å². The lowest BCUT2D eigenvalue weighted by Gasteiger charge is -2.13. The number of amides is 1. The predicted molar refractivity (Wildman–Crippen MR) is 52.0 cm³/mol. The second-order valence-corrected chi connectivity index (χ2v) is 3.43. The number of aliphatic hydroxyl groups excluding tert-OH is 1. The summed E-state index contributed by atoms with van der Waals surface area (Å²) < 4.78 is 0. The van der Waals surface area contributed by atoms with Crippen molar-refractivity contribution >= 4 is 17.7 Å². The van der Waals surface area contributed by atoms with Crippen LogP contribution in [0.2, 0.25) is 0 Å². The number of carboxylic acids is 1. The molecule has 84 valence electrons. The molecule has 1 amide bonds. The first kappa shape index (κ1) is 10.5. The third-order valence-corrected chi connectivity index (χ3v) is 2.24. The van der Waals surface area contributed by atoms with Crippen LogP contribution in [0, 0.1) is 0 Å². The largest absolute Gasteiger partial charge is 0.476 e. The molecular weight excluding hydrogens is 214 g/mol. The number of hydrogen-bond acceptors (Lipinski definition) is 5. The molecule has 0 saturated carbocycles. The van der Waals surface area contributed by atoms with E-state index in [1.165, 1.54) is 11.1 Å². The lowest BCUT2D eigenvalue weighted by molar-refractivity contribution is -0.117. The summed E-state index contributed by atoms with van der Waals surface area (Å²) in [5.74, 6) is -1.16. The lowest BCUT2D eigenvalue weighted by atomic mass is 10.3. The number of carboxylic acid groups (broad SMARTS) is 1. The molecule has 0 bridgehead atoms. The van der Waals surface area contributed by atoms with Gasteiger partial charge in [-0.05, 0) is 0 Å². The maximum Gasteiger partial charge on any atom is 0.356 e. The lowest BCUT2D eigenvalue weighted by Crippen LogP contribution is -2.26. The Morgan fingerprint density at radius 3 is 2.62 bits per heavy atom. The molecule has 0 aromatic carbocycles. The van der Waals surface area contributed by atoms with Crippen molar-refractivity contribution in [2.75, 3.05) is 11.4 Å². The minimum absolute atomic E-state index is 0.0579. The van der Waals surface area contributed by atoms with Gasteiger partial charge in [0.05, 0.1) is 31.5 Å². The number of anilines is 1. The van der Waals surface area contributed by atoms with E-state index in [4.69, 9.17) is 5.11 Å². The molecule has 2 N–H and O–H groups in total. The fourth-order valence-electron chi connectivity index (χ4n) is 1.48. The number of aliphatic hydroxyl groups is 1. The maximum absolute atomic E-state index is 11.4. The molecule has 2 heterocycles. The van der Waals surface area contributed by atoms with Crippen LogP contribution in [0.3, 0.4) is 0 Å². The van der Waals surface area contributed by atoms with Crippen molar-refractivity contribution in [2.45, 2.75) is 12.5 Å². The van der Waals surface area contributed by atoms with Crippen LogP contribution in [0.5, 0.6) is 0 Å². The zero-order valence-corrected chi connectivity index (χ0v) is 8.20. The van der Waals surface area contributed by atoms with E-state index in [9.17, 15) is 14.7 Å². The number of carbonyl (C=O) groups is 2. The molecule has 1 atom stereocenters. The highest BCUT2D eigenvalue weighted by Crippen LogP contribution is 2.18. The number of rotatable bonds is 2. The number of aromatic carboxylic acids is 1. The second-order valence-electron chi connectivity index (χ2n) is 3.43. The molecule has 1 aliphatic heterocycles. The Morgan fingerprint density at radius 2 is 2.19 bits per heavy atom.